The lowest BCUT2D eigenvalue weighted by molar-refractivity contribution is -0.137. The van der Waals surface area contributed by atoms with Crippen molar-refractivity contribution in [2.45, 2.75) is 19.5 Å². The van der Waals surface area contributed by atoms with Crippen LogP contribution in [-0.4, -0.2) is 5.78 Å². The quantitative estimate of drug-likeness (QED) is 0.575. The van der Waals surface area contributed by atoms with Gasteiger partial charge in [0.1, 0.15) is 0 Å². The predicted octanol–water partition coefficient (Wildman–Crippen LogP) is 4.61. The average molecular weight is 317 g/mol. The largest absolute Gasteiger partial charge is 0.416 e. The van der Waals surface area contributed by atoms with Gasteiger partial charge in [-0.05, 0) is 35.0 Å². The zero-order chi connectivity index (χ0) is 13.4. The normalized spacial score (nSPS) is 12.0. The Balaban J connectivity index is 3.53. The second-order valence-corrected chi connectivity index (χ2v) is 4.07. The molecule has 0 N–H and O–H groups in total. The van der Waals surface area contributed by atoms with Crippen molar-refractivity contribution in [1.82, 2.24) is 0 Å². The molecule has 0 heterocycles. The van der Waals surface area contributed by atoms with Crippen LogP contribution in [0.4, 0.5) is 22.0 Å². The molecule has 0 spiro atoms. The molecule has 0 aliphatic carbocycles. The van der Waals surface area contributed by atoms with Crippen molar-refractivity contribution in [3.8, 4) is 0 Å². The van der Waals surface area contributed by atoms with E-state index in [2.05, 4.69) is 15.9 Å². The van der Waals surface area contributed by atoms with E-state index < -0.39 is 35.1 Å². The topological polar surface area (TPSA) is 17.1 Å². The monoisotopic (exact) mass is 316 g/mol. The third kappa shape index (κ3) is 3.02. The number of Topliss-reactive ketones (excluding diaryl/α,β-unsaturated/α-hetero) is 1. The average Bonchev–Trinajstić information content (AvgIpc) is 2.14. The van der Waals surface area contributed by atoms with E-state index in [-0.39, 0.29) is 4.47 Å². The van der Waals surface area contributed by atoms with Crippen LogP contribution in [0, 0.1) is 0 Å². The molecular weight excluding hydrogens is 311 g/mol. The van der Waals surface area contributed by atoms with E-state index in [9.17, 15) is 26.7 Å². The molecule has 0 aliphatic rings. The summed E-state index contributed by atoms with van der Waals surface area (Å²) in [5.41, 5.74) is -2.51. The zero-order valence-corrected chi connectivity index (χ0v) is 9.99. The van der Waals surface area contributed by atoms with Gasteiger partial charge in [-0.1, -0.05) is 0 Å². The second kappa shape index (κ2) is 4.72. The van der Waals surface area contributed by atoms with E-state index in [1.54, 1.807) is 0 Å². The summed E-state index contributed by atoms with van der Waals surface area (Å²) in [5, 5.41) is 0. The van der Waals surface area contributed by atoms with Crippen LogP contribution in [0.15, 0.2) is 16.6 Å². The summed E-state index contributed by atoms with van der Waals surface area (Å²) >= 11 is 2.72. The molecule has 7 heteroatoms. The number of benzene rings is 1. The molecule has 0 atom stereocenters. The lowest BCUT2D eigenvalue weighted by atomic mass is 10.0. The zero-order valence-electron chi connectivity index (χ0n) is 8.41. The van der Waals surface area contributed by atoms with Gasteiger partial charge in [0.2, 0.25) is 0 Å². The minimum absolute atomic E-state index is 0.298. The van der Waals surface area contributed by atoms with E-state index in [4.69, 9.17) is 0 Å². The number of hydrogen-bond acceptors (Lipinski definition) is 1. The molecule has 0 amide bonds. The lowest BCUT2D eigenvalue weighted by Gasteiger charge is -2.13. The third-order valence-electron chi connectivity index (χ3n) is 2.04. The fraction of sp³-hybridized carbons (Fsp3) is 0.300. The van der Waals surface area contributed by atoms with Crippen molar-refractivity contribution in [2.75, 3.05) is 0 Å². The van der Waals surface area contributed by atoms with Crippen LogP contribution >= 0.6 is 15.9 Å². The SMILES string of the molecule is CC(=O)c1cc(C(F)(F)F)cc(C(F)F)c1Br. The molecule has 0 saturated heterocycles. The number of carbonyl (C=O) groups excluding carboxylic acids is 1. The summed E-state index contributed by atoms with van der Waals surface area (Å²) in [4.78, 5) is 11.1. The molecule has 17 heavy (non-hydrogen) atoms. The van der Waals surface area contributed by atoms with E-state index in [0.29, 0.717) is 12.1 Å². The Kier molecular flexibility index (Phi) is 3.91. The Hall–Kier alpha value is -0.980. The summed E-state index contributed by atoms with van der Waals surface area (Å²) in [6, 6.07) is 0.888. The van der Waals surface area contributed by atoms with Crippen LogP contribution in [-0.2, 0) is 6.18 Å². The molecule has 0 fully saturated rings. The number of rotatable bonds is 2. The number of alkyl halides is 5. The highest BCUT2D eigenvalue weighted by molar-refractivity contribution is 9.10. The Labute approximate surface area is 102 Å². The fourth-order valence-electron chi connectivity index (χ4n) is 1.23. The van der Waals surface area contributed by atoms with Crippen molar-refractivity contribution >= 4 is 21.7 Å². The minimum Gasteiger partial charge on any atom is -0.294 e. The summed E-state index contributed by atoms with van der Waals surface area (Å²) in [6.07, 6.45) is -7.86. The van der Waals surface area contributed by atoms with Gasteiger partial charge in [0, 0.05) is 15.6 Å². The van der Waals surface area contributed by atoms with Crippen LogP contribution < -0.4 is 0 Å². The van der Waals surface area contributed by atoms with Crippen LogP contribution in [0.2, 0.25) is 0 Å². The van der Waals surface area contributed by atoms with Crippen LogP contribution in [0.25, 0.3) is 0 Å². The van der Waals surface area contributed by atoms with Gasteiger partial charge in [0.05, 0.1) is 5.56 Å². The highest BCUT2D eigenvalue weighted by atomic mass is 79.9. The first-order chi connectivity index (χ1) is 7.64. The lowest BCUT2D eigenvalue weighted by Crippen LogP contribution is -2.09. The van der Waals surface area contributed by atoms with Gasteiger partial charge < -0.3 is 0 Å². The molecule has 94 valence electrons. The molecule has 1 aromatic rings. The second-order valence-electron chi connectivity index (χ2n) is 3.28. The van der Waals surface area contributed by atoms with Crippen molar-refractivity contribution < 1.29 is 26.7 Å². The number of ketones is 1. The highest BCUT2D eigenvalue weighted by Gasteiger charge is 2.33. The van der Waals surface area contributed by atoms with Crippen molar-refractivity contribution in [2.24, 2.45) is 0 Å². The highest BCUT2D eigenvalue weighted by Crippen LogP contribution is 2.37. The first-order valence-electron chi connectivity index (χ1n) is 4.34. The van der Waals surface area contributed by atoms with Gasteiger partial charge in [-0.2, -0.15) is 13.2 Å². The van der Waals surface area contributed by atoms with E-state index in [0.717, 1.165) is 6.92 Å². The van der Waals surface area contributed by atoms with Crippen LogP contribution in [0.1, 0.15) is 34.8 Å². The van der Waals surface area contributed by atoms with Gasteiger partial charge in [-0.3, -0.25) is 4.79 Å². The summed E-state index contributed by atoms with van der Waals surface area (Å²) in [5.74, 6) is -0.718. The Morgan fingerprint density at radius 2 is 1.82 bits per heavy atom. The van der Waals surface area contributed by atoms with E-state index >= 15 is 0 Å². The van der Waals surface area contributed by atoms with Crippen molar-refractivity contribution in [3.63, 3.8) is 0 Å². The maximum Gasteiger partial charge on any atom is 0.416 e. The maximum atomic E-state index is 12.5. The smallest absolute Gasteiger partial charge is 0.294 e. The summed E-state index contributed by atoms with van der Waals surface area (Å²) in [6.45, 7) is 1.01. The molecule has 1 aromatic carbocycles. The molecule has 0 aromatic heterocycles. The molecule has 0 aliphatic heterocycles. The van der Waals surface area contributed by atoms with Gasteiger partial charge >= 0.3 is 6.18 Å². The molecule has 0 radical (unpaired) electrons. The Morgan fingerprint density at radius 3 is 2.18 bits per heavy atom. The molecule has 0 bridgehead atoms. The summed E-state index contributed by atoms with van der Waals surface area (Å²) in [7, 11) is 0. The molecule has 1 nitrogen and oxygen atoms in total. The van der Waals surface area contributed by atoms with Gasteiger partial charge in [0.15, 0.2) is 5.78 Å². The summed E-state index contributed by atoms with van der Waals surface area (Å²) < 4.78 is 62.1. The Morgan fingerprint density at radius 1 is 1.29 bits per heavy atom. The number of hydrogen-bond donors (Lipinski definition) is 0. The molecule has 0 saturated carbocycles. The fourth-order valence-corrected chi connectivity index (χ4v) is 1.91. The minimum atomic E-state index is -4.77. The standard InChI is InChI=1S/C10H6BrF5O/c1-4(17)6-2-5(10(14,15)16)3-7(8(6)11)9(12)13/h2-3,9H,1H3. The van der Waals surface area contributed by atoms with Crippen molar-refractivity contribution in [3.05, 3.63) is 33.3 Å². The van der Waals surface area contributed by atoms with Gasteiger partial charge in [-0.15, -0.1) is 0 Å². The molecule has 0 unspecified atom stereocenters. The first kappa shape index (κ1) is 14.1. The Bertz CT molecular complexity index is 453. The van der Waals surface area contributed by atoms with Crippen LogP contribution in [0.5, 0.6) is 0 Å². The van der Waals surface area contributed by atoms with E-state index in [1.807, 2.05) is 0 Å². The van der Waals surface area contributed by atoms with Crippen LogP contribution in [0.3, 0.4) is 0 Å². The predicted molar refractivity (Wildman–Crippen MR) is 54.1 cm³/mol. The number of carbonyl (C=O) groups is 1. The molecule has 1 rings (SSSR count). The molecular formula is C10H6BrF5O. The first-order valence-corrected chi connectivity index (χ1v) is 5.13. The number of halogens is 6. The van der Waals surface area contributed by atoms with Gasteiger partial charge in [0.25, 0.3) is 6.43 Å². The third-order valence-corrected chi connectivity index (χ3v) is 2.93. The van der Waals surface area contributed by atoms with Crippen molar-refractivity contribution in [1.29, 1.82) is 0 Å². The van der Waals surface area contributed by atoms with E-state index in [1.165, 1.54) is 0 Å². The maximum absolute atomic E-state index is 12.5. The van der Waals surface area contributed by atoms with Gasteiger partial charge in [-0.25, -0.2) is 8.78 Å².